The number of hydrogen-bond acceptors (Lipinski definition) is 1. The van der Waals surface area contributed by atoms with E-state index in [1.54, 1.807) is 0 Å². The summed E-state index contributed by atoms with van der Waals surface area (Å²) in [5.41, 5.74) is 9.53. The molecule has 2 unspecified atom stereocenters. The smallest absolute Gasteiger partial charge is 0.119 e. The van der Waals surface area contributed by atoms with Crippen LogP contribution in [0.25, 0.3) is 0 Å². The molecule has 34 heavy (non-hydrogen) atoms. The first-order chi connectivity index (χ1) is 16.4. The van der Waals surface area contributed by atoms with Gasteiger partial charge in [0.05, 0.1) is 0 Å². The van der Waals surface area contributed by atoms with Crippen LogP contribution < -0.4 is 4.74 Å². The molecule has 0 aliphatic carbocycles. The second-order valence-electron chi connectivity index (χ2n) is 9.89. The summed E-state index contributed by atoms with van der Waals surface area (Å²) in [6.45, 7) is 16.2. The van der Waals surface area contributed by atoms with Gasteiger partial charge in [-0.3, -0.25) is 0 Å². The van der Waals surface area contributed by atoms with Crippen LogP contribution in [0.15, 0.2) is 78.9 Å². The topological polar surface area (TPSA) is 9.23 Å². The van der Waals surface area contributed by atoms with Crippen molar-refractivity contribution in [3.63, 3.8) is 0 Å². The molecule has 0 radical (unpaired) electrons. The van der Waals surface area contributed by atoms with Gasteiger partial charge in [0.25, 0.3) is 0 Å². The van der Waals surface area contributed by atoms with Crippen LogP contribution in [0.1, 0.15) is 79.3 Å². The molecule has 0 amide bonds. The first-order valence-corrected chi connectivity index (χ1v) is 12.9. The highest BCUT2D eigenvalue weighted by molar-refractivity contribution is 5.35. The van der Waals surface area contributed by atoms with Gasteiger partial charge in [-0.1, -0.05) is 93.1 Å². The van der Waals surface area contributed by atoms with Gasteiger partial charge < -0.3 is 4.74 Å². The zero-order valence-corrected chi connectivity index (χ0v) is 21.9. The molecule has 1 nitrogen and oxygen atoms in total. The summed E-state index contributed by atoms with van der Waals surface area (Å²) in [4.78, 5) is 0. The fraction of sp³-hybridized carbons (Fsp3) is 0.394. The van der Waals surface area contributed by atoms with E-state index in [-0.39, 0.29) is 0 Å². The van der Waals surface area contributed by atoms with E-state index in [2.05, 4.69) is 108 Å². The quantitative estimate of drug-likeness (QED) is 0.248. The normalized spacial score (nSPS) is 12.9. The zero-order chi connectivity index (χ0) is 24.5. The molecule has 0 N–H and O–H groups in total. The fourth-order valence-corrected chi connectivity index (χ4v) is 4.52. The summed E-state index contributed by atoms with van der Waals surface area (Å²) in [5, 5.41) is 0. The van der Waals surface area contributed by atoms with Crippen LogP contribution in [0.4, 0.5) is 0 Å². The van der Waals surface area contributed by atoms with Gasteiger partial charge in [-0.15, -0.1) is 0 Å². The molecule has 0 aliphatic heterocycles. The van der Waals surface area contributed by atoms with Crippen molar-refractivity contribution in [1.29, 1.82) is 0 Å². The van der Waals surface area contributed by atoms with Gasteiger partial charge in [0.15, 0.2) is 0 Å². The Labute approximate surface area is 207 Å². The second kappa shape index (κ2) is 12.6. The monoisotopic (exact) mass is 454 g/mol. The van der Waals surface area contributed by atoms with E-state index in [1.165, 1.54) is 45.4 Å². The number of benzene rings is 3. The molecule has 0 aliphatic rings. The lowest BCUT2D eigenvalue weighted by atomic mass is 9.83. The van der Waals surface area contributed by atoms with Gasteiger partial charge in [-0.25, -0.2) is 0 Å². The van der Waals surface area contributed by atoms with E-state index >= 15 is 0 Å². The van der Waals surface area contributed by atoms with Crippen molar-refractivity contribution in [2.45, 2.75) is 79.2 Å². The standard InChI is InChI=1S/C33H42O/c1-7-25(4)26(5)22-31(8-2)33-20-17-29(21-27(33)6)14-13-28-15-18-32(19-16-28)34-23-30-11-9-24(3)10-12-30/h9-12,15-21,25,31H,5,7-8,13-14,22-23H2,1-4,6H3. The largest absolute Gasteiger partial charge is 0.489 e. The SMILES string of the molecule is C=C(CC(CC)c1ccc(CCc2ccc(OCc3ccc(C)cc3)cc2)cc1C)C(C)CC. The number of ether oxygens (including phenoxy) is 1. The highest BCUT2D eigenvalue weighted by Gasteiger charge is 2.16. The summed E-state index contributed by atoms with van der Waals surface area (Å²) >= 11 is 0. The van der Waals surface area contributed by atoms with Gasteiger partial charge in [0, 0.05) is 0 Å². The predicted octanol–water partition coefficient (Wildman–Crippen LogP) is 9.15. The van der Waals surface area contributed by atoms with Crippen molar-refractivity contribution < 1.29 is 4.74 Å². The lowest BCUT2D eigenvalue weighted by molar-refractivity contribution is 0.306. The van der Waals surface area contributed by atoms with Crippen LogP contribution in [-0.4, -0.2) is 0 Å². The maximum atomic E-state index is 5.95. The predicted molar refractivity (Wildman–Crippen MR) is 147 cm³/mol. The molecule has 3 aromatic rings. The van der Waals surface area contributed by atoms with E-state index in [9.17, 15) is 0 Å². The molecule has 3 aromatic carbocycles. The number of hydrogen-bond donors (Lipinski definition) is 0. The van der Waals surface area contributed by atoms with Gasteiger partial charge in [0.1, 0.15) is 12.4 Å². The van der Waals surface area contributed by atoms with Crippen molar-refractivity contribution in [1.82, 2.24) is 0 Å². The molecule has 180 valence electrons. The highest BCUT2D eigenvalue weighted by Crippen LogP contribution is 2.32. The van der Waals surface area contributed by atoms with E-state index in [4.69, 9.17) is 4.74 Å². The van der Waals surface area contributed by atoms with E-state index < -0.39 is 0 Å². The van der Waals surface area contributed by atoms with E-state index in [0.717, 1.165) is 31.4 Å². The third kappa shape index (κ3) is 7.35. The van der Waals surface area contributed by atoms with E-state index in [0.29, 0.717) is 18.4 Å². The van der Waals surface area contributed by atoms with E-state index in [1.807, 2.05) is 0 Å². The number of allylic oxidation sites excluding steroid dienone is 1. The average molecular weight is 455 g/mol. The average Bonchev–Trinajstić information content (AvgIpc) is 2.86. The minimum Gasteiger partial charge on any atom is -0.489 e. The third-order valence-electron chi connectivity index (χ3n) is 7.24. The molecule has 0 saturated heterocycles. The first-order valence-electron chi connectivity index (χ1n) is 12.9. The maximum absolute atomic E-state index is 5.95. The molecule has 0 bridgehead atoms. The fourth-order valence-electron chi connectivity index (χ4n) is 4.52. The van der Waals surface area contributed by atoms with Crippen molar-refractivity contribution in [2.75, 3.05) is 0 Å². The molecule has 0 saturated carbocycles. The number of rotatable bonds is 12. The Kier molecular flexibility index (Phi) is 9.57. The molecule has 0 spiro atoms. The summed E-state index contributed by atoms with van der Waals surface area (Å²) in [6.07, 6.45) is 5.53. The lowest BCUT2D eigenvalue weighted by Crippen LogP contribution is -2.06. The van der Waals surface area contributed by atoms with Crippen LogP contribution in [0.5, 0.6) is 5.75 Å². The van der Waals surface area contributed by atoms with Crippen LogP contribution >= 0.6 is 0 Å². The summed E-state index contributed by atoms with van der Waals surface area (Å²) < 4.78 is 5.95. The van der Waals surface area contributed by atoms with Gasteiger partial charge >= 0.3 is 0 Å². The van der Waals surface area contributed by atoms with Crippen LogP contribution in [-0.2, 0) is 19.4 Å². The van der Waals surface area contributed by atoms with Gasteiger partial charge in [0.2, 0.25) is 0 Å². The van der Waals surface area contributed by atoms with Crippen LogP contribution in [0, 0.1) is 19.8 Å². The minimum absolute atomic E-state index is 0.572. The molecular formula is C33H42O. The Balaban J connectivity index is 1.54. The Morgan fingerprint density at radius 2 is 1.41 bits per heavy atom. The summed E-state index contributed by atoms with van der Waals surface area (Å²) in [7, 11) is 0. The molecule has 0 fully saturated rings. The molecule has 3 rings (SSSR count). The Morgan fingerprint density at radius 3 is 2.03 bits per heavy atom. The molecule has 2 atom stereocenters. The molecular weight excluding hydrogens is 412 g/mol. The second-order valence-corrected chi connectivity index (χ2v) is 9.89. The summed E-state index contributed by atoms with van der Waals surface area (Å²) in [5.74, 6) is 2.10. The van der Waals surface area contributed by atoms with Crippen molar-refractivity contribution in [3.8, 4) is 5.75 Å². The summed E-state index contributed by atoms with van der Waals surface area (Å²) in [6, 6.07) is 24.2. The maximum Gasteiger partial charge on any atom is 0.119 e. The Morgan fingerprint density at radius 1 is 0.794 bits per heavy atom. The minimum atomic E-state index is 0.572. The van der Waals surface area contributed by atoms with Crippen molar-refractivity contribution in [3.05, 3.63) is 112 Å². The Bertz CT molecular complexity index is 1040. The zero-order valence-electron chi connectivity index (χ0n) is 21.9. The highest BCUT2D eigenvalue weighted by atomic mass is 16.5. The van der Waals surface area contributed by atoms with Crippen molar-refractivity contribution >= 4 is 0 Å². The number of aryl methyl sites for hydroxylation is 4. The molecule has 0 aromatic heterocycles. The van der Waals surface area contributed by atoms with Gasteiger partial charge in [-0.05, 0) is 97.7 Å². The molecule has 1 heteroatoms. The van der Waals surface area contributed by atoms with Crippen LogP contribution in [0.2, 0.25) is 0 Å². The lowest BCUT2D eigenvalue weighted by Gasteiger charge is -2.22. The molecule has 0 heterocycles. The Hall–Kier alpha value is -2.80. The third-order valence-corrected chi connectivity index (χ3v) is 7.24. The van der Waals surface area contributed by atoms with Gasteiger partial charge in [-0.2, -0.15) is 0 Å². The van der Waals surface area contributed by atoms with Crippen LogP contribution in [0.3, 0.4) is 0 Å². The first kappa shape index (κ1) is 25.8. The van der Waals surface area contributed by atoms with Crippen molar-refractivity contribution in [2.24, 2.45) is 5.92 Å².